The number of ether oxygens (including phenoxy) is 1. The smallest absolute Gasteiger partial charge is 0.163 e. The van der Waals surface area contributed by atoms with Crippen LogP contribution in [0.1, 0.15) is 34.3 Å². The lowest BCUT2D eigenvalue weighted by atomic mass is 9.90. The molecule has 106 valence electrons. The molecule has 21 heavy (non-hydrogen) atoms. The molecule has 0 saturated heterocycles. The number of rotatable bonds is 4. The van der Waals surface area contributed by atoms with Crippen LogP contribution in [0.15, 0.2) is 54.6 Å². The Morgan fingerprint density at radius 2 is 1.86 bits per heavy atom. The van der Waals surface area contributed by atoms with Crippen molar-refractivity contribution < 1.29 is 9.53 Å². The van der Waals surface area contributed by atoms with Crippen molar-refractivity contribution in [3.05, 3.63) is 71.3 Å². The van der Waals surface area contributed by atoms with Gasteiger partial charge < -0.3 is 4.74 Å². The maximum atomic E-state index is 11.9. The van der Waals surface area contributed by atoms with Crippen LogP contribution in [0.3, 0.4) is 0 Å². The maximum absolute atomic E-state index is 11.9. The van der Waals surface area contributed by atoms with Crippen molar-refractivity contribution in [3.8, 4) is 5.75 Å². The fourth-order valence-corrected chi connectivity index (χ4v) is 2.67. The standard InChI is InChI=1S/C19H18O2/c20-18-12-4-11-17-16(18)10-5-13-19(17)21-14-6-9-15-7-2-1-3-8-15/h1-3,5-10,13H,4,11-12,14H2. The molecule has 0 saturated carbocycles. The molecule has 2 heteroatoms. The molecule has 2 aromatic carbocycles. The molecular formula is C19H18O2. The summed E-state index contributed by atoms with van der Waals surface area (Å²) in [6, 6.07) is 15.9. The normalized spacial score (nSPS) is 14.2. The first-order chi connectivity index (χ1) is 10.3. The average molecular weight is 278 g/mol. The topological polar surface area (TPSA) is 26.3 Å². The van der Waals surface area contributed by atoms with Gasteiger partial charge in [0, 0.05) is 17.5 Å². The largest absolute Gasteiger partial charge is 0.489 e. The van der Waals surface area contributed by atoms with E-state index in [1.165, 1.54) is 0 Å². The van der Waals surface area contributed by atoms with Crippen LogP contribution in [0.25, 0.3) is 6.08 Å². The van der Waals surface area contributed by atoms with Gasteiger partial charge in [0.1, 0.15) is 12.4 Å². The molecule has 0 aromatic heterocycles. The maximum Gasteiger partial charge on any atom is 0.163 e. The molecule has 0 fully saturated rings. The second-order valence-electron chi connectivity index (χ2n) is 5.18. The van der Waals surface area contributed by atoms with E-state index in [2.05, 4.69) is 12.1 Å². The highest BCUT2D eigenvalue weighted by Crippen LogP contribution is 2.29. The number of hydrogen-bond acceptors (Lipinski definition) is 2. The Labute approximate surface area is 125 Å². The molecule has 3 rings (SSSR count). The Hall–Kier alpha value is -2.35. The molecule has 0 bridgehead atoms. The zero-order valence-corrected chi connectivity index (χ0v) is 11.9. The molecule has 0 amide bonds. The second kappa shape index (κ2) is 6.40. The third-order valence-electron chi connectivity index (χ3n) is 3.71. The number of ketones is 1. The predicted molar refractivity (Wildman–Crippen MR) is 84.7 cm³/mol. The van der Waals surface area contributed by atoms with E-state index >= 15 is 0 Å². The zero-order valence-electron chi connectivity index (χ0n) is 11.9. The summed E-state index contributed by atoms with van der Waals surface area (Å²) in [5, 5.41) is 0. The molecule has 0 radical (unpaired) electrons. The van der Waals surface area contributed by atoms with Gasteiger partial charge in [0.2, 0.25) is 0 Å². The summed E-state index contributed by atoms with van der Waals surface area (Å²) in [6.07, 6.45) is 6.55. The van der Waals surface area contributed by atoms with Crippen LogP contribution in [0.5, 0.6) is 5.75 Å². The van der Waals surface area contributed by atoms with Gasteiger partial charge in [-0.25, -0.2) is 0 Å². The Kier molecular flexibility index (Phi) is 4.15. The van der Waals surface area contributed by atoms with E-state index in [0.29, 0.717) is 13.0 Å². The molecule has 0 atom stereocenters. The van der Waals surface area contributed by atoms with Crippen LogP contribution in [0.4, 0.5) is 0 Å². The molecule has 0 heterocycles. The molecule has 0 aliphatic heterocycles. The van der Waals surface area contributed by atoms with E-state index in [1.54, 1.807) is 0 Å². The van der Waals surface area contributed by atoms with Crippen molar-refractivity contribution in [1.82, 2.24) is 0 Å². The Morgan fingerprint density at radius 3 is 2.71 bits per heavy atom. The number of carbonyl (C=O) groups excluding carboxylic acids is 1. The highest BCUT2D eigenvalue weighted by Gasteiger charge is 2.19. The minimum absolute atomic E-state index is 0.238. The lowest BCUT2D eigenvalue weighted by Gasteiger charge is -2.18. The number of fused-ring (bicyclic) bond motifs is 1. The van der Waals surface area contributed by atoms with E-state index in [-0.39, 0.29) is 5.78 Å². The van der Waals surface area contributed by atoms with Gasteiger partial charge in [0.25, 0.3) is 0 Å². The van der Waals surface area contributed by atoms with E-state index in [0.717, 1.165) is 35.3 Å². The SMILES string of the molecule is O=C1CCCc2c(OCC=Cc3ccccc3)cccc21. The monoisotopic (exact) mass is 278 g/mol. The van der Waals surface area contributed by atoms with Crippen LogP contribution in [0, 0.1) is 0 Å². The van der Waals surface area contributed by atoms with E-state index in [1.807, 2.05) is 48.6 Å². The zero-order chi connectivity index (χ0) is 14.5. The molecule has 0 unspecified atom stereocenters. The highest BCUT2D eigenvalue weighted by molar-refractivity contribution is 5.99. The van der Waals surface area contributed by atoms with Crippen molar-refractivity contribution >= 4 is 11.9 Å². The van der Waals surface area contributed by atoms with Crippen LogP contribution in [-0.4, -0.2) is 12.4 Å². The number of benzene rings is 2. The minimum Gasteiger partial charge on any atom is -0.489 e. The van der Waals surface area contributed by atoms with Crippen LogP contribution in [-0.2, 0) is 6.42 Å². The summed E-state index contributed by atoms with van der Waals surface area (Å²) in [5.74, 6) is 1.08. The van der Waals surface area contributed by atoms with E-state index < -0.39 is 0 Å². The van der Waals surface area contributed by atoms with Crippen molar-refractivity contribution in [3.63, 3.8) is 0 Å². The van der Waals surface area contributed by atoms with E-state index in [4.69, 9.17) is 4.74 Å². The number of hydrogen-bond donors (Lipinski definition) is 0. The summed E-state index contributed by atoms with van der Waals surface area (Å²) in [7, 11) is 0. The lowest BCUT2D eigenvalue weighted by Crippen LogP contribution is -2.12. The lowest BCUT2D eigenvalue weighted by molar-refractivity contribution is 0.0971. The fourth-order valence-electron chi connectivity index (χ4n) is 2.67. The first-order valence-corrected chi connectivity index (χ1v) is 7.34. The Morgan fingerprint density at radius 1 is 1.00 bits per heavy atom. The average Bonchev–Trinajstić information content (AvgIpc) is 2.53. The van der Waals surface area contributed by atoms with Gasteiger partial charge in [-0.2, -0.15) is 0 Å². The van der Waals surface area contributed by atoms with Crippen molar-refractivity contribution in [2.45, 2.75) is 19.3 Å². The molecule has 1 aliphatic rings. The van der Waals surface area contributed by atoms with Crippen molar-refractivity contribution in [2.75, 3.05) is 6.61 Å². The molecule has 0 spiro atoms. The fraction of sp³-hybridized carbons (Fsp3) is 0.211. The predicted octanol–water partition coefficient (Wildman–Crippen LogP) is 4.30. The molecule has 2 aromatic rings. The molecule has 0 N–H and O–H groups in total. The van der Waals surface area contributed by atoms with Crippen LogP contribution < -0.4 is 4.74 Å². The van der Waals surface area contributed by atoms with Gasteiger partial charge in [-0.1, -0.05) is 48.5 Å². The Balaban J connectivity index is 1.67. The van der Waals surface area contributed by atoms with Crippen LogP contribution >= 0.6 is 0 Å². The van der Waals surface area contributed by atoms with Gasteiger partial charge in [0.05, 0.1) is 0 Å². The number of carbonyl (C=O) groups is 1. The third kappa shape index (κ3) is 3.22. The Bertz CT molecular complexity index is 657. The first-order valence-electron chi connectivity index (χ1n) is 7.34. The first kappa shape index (κ1) is 13.6. The van der Waals surface area contributed by atoms with Gasteiger partial charge in [0.15, 0.2) is 5.78 Å². The summed E-state index contributed by atoms with van der Waals surface area (Å²) in [5.41, 5.74) is 3.07. The molecule has 1 aliphatic carbocycles. The van der Waals surface area contributed by atoms with E-state index in [9.17, 15) is 4.79 Å². The summed E-state index contributed by atoms with van der Waals surface area (Å²) in [6.45, 7) is 0.513. The van der Waals surface area contributed by atoms with Gasteiger partial charge in [-0.15, -0.1) is 0 Å². The van der Waals surface area contributed by atoms with Crippen molar-refractivity contribution in [1.29, 1.82) is 0 Å². The second-order valence-corrected chi connectivity index (χ2v) is 5.18. The third-order valence-corrected chi connectivity index (χ3v) is 3.71. The highest BCUT2D eigenvalue weighted by atomic mass is 16.5. The minimum atomic E-state index is 0.238. The molecule has 2 nitrogen and oxygen atoms in total. The summed E-state index contributed by atoms with van der Waals surface area (Å²) < 4.78 is 5.84. The quantitative estimate of drug-likeness (QED) is 0.833. The summed E-state index contributed by atoms with van der Waals surface area (Å²) in [4.78, 5) is 11.9. The van der Waals surface area contributed by atoms with Gasteiger partial charge in [-0.3, -0.25) is 4.79 Å². The number of Topliss-reactive ketones (excluding diaryl/α,β-unsaturated/α-hetero) is 1. The summed E-state index contributed by atoms with van der Waals surface area (Å²) >= 11 is 0. The van der Waals surface area contributed by atoms with Gasteiger partial charge >= 0.3 is 0 Å². The molecular weight excluding hydrogens is 260 g/mol. The van der Waals surface area contributed by atoms with Crippen LogP contribution in [0.2, 0.25) is 0 Å². The van der Waals surface area contributed by atoms with Crippen molar-refractivity contribution in [2.24, 2.45) is 0 Å². The van der Waals surface area contributed by atoms with Gasteiger partial charge in [-0.05, 0) is 30.5 Å².